The molecule has 0 saturated heterocycles. The summed E-state index contributed by atoms with van der Waals surface area (Å²) in [5.41, 5.74) is -1.89. The Labute approximate surface area is 143 Å². The number of rotatable bonds is 7. The Morgan fingerprint density at radius 2 is 0.963 bits per heavy atom. The van der Waals surface area contributed by atoms with Gasteiger partial charge in [0, 0.05) is 18.4 Å². The smallest absolute Gasteiger partial charge is 0.200 e. The van der Waals surface area contributed by atoms with E-state index in [0.717, 1.165) is 6.07 Å². The minimum atomic E-state index is -7.39. The summed E-state index contributed by atoms with van der Waals surface area (Å²) in [7, 11) is 0. The van der Waals surface area contributed by atoms with E-state index in [9.17, 15) is 57.1 Å². The molecule has 0 atom stereocenters. The maximum absolute atomic E-state index is 13.7. The molecular weight excluding hydrogens is 415 g/mol. The third kappa shape index (κ3) is 3.96. The van der Waals surface area contributed by atoms with E-state index in [1.807, 2.05) is 0 Å². The van der Waals surface area contributed by atoms with Crippen LogP contribution in [0.4, 0.5) is 57.1 Å². The first-order chi connectivity index (χ1) is 11.8. The molecule has 0 heterocycles. The molecule has 0 aliphatic carbocycles. The second kappa shape index (κ2) is 6.73. The van der Waals surface area contributed by atoms with Gasteiger partial charge in [0.2, 0.25) is 0 Å². The second-order valence-corrected chi connectivity index (χ2v) is 5.48. The van der Waals surface area contributed by atoms with Crippen LogP contribution < -0.4 is 0 Å². The summed E-state index contributed by atoms with van der Waals surface area (Å²) in [5.74, 6) is -34.1. The lowest BCUT2D eigenvalue weighted by atomic mass is 9.89. The zero-order valence-corrected chi connectivity index (χ0v) is 12.7. The van der Waals surface area contributed by atoms with E-state index in [1.54, 1.807) is 0 Å². The van der Waals surface area contributed by atoms with Crippen molar-refractivity contribution >= 4 is 0 Å². The summed E-state index contributed by atoms with van der Waals surface area (Å²) in [6.45, 7) is 0. The molecule has 156 valence electrons. The minimum absolute atomic E-state index is 0.157. The number of hydrogen-bond donors (Lipinski definition) is 0. The summed E-state index contributed by atoms with van der Waals surface area (Å²) < 4.78 is 171. The van der Waals surface area contributed by atoms with Gasteiger partial charge in [0.15, 0.2) is 0 Å². The van der Waals surface area contributed by atoms with Gasteiger partial charge in [0.1, 0.15) is 0 Å². The van der Waals surface area contributed by atoms with Crippen molar-refractivity contribution in [2.24, 2.45) is 0 Å². The molecular formula is C14H9F13. The van der Waals surface area contributed by atoms with Crippen LogP contribution in [0.15, 0.2) is 30.3 Å². The Balaban J connectivity index is 3.35. The van der Waals surface area contributed by atoms with Crippen LogP contribution in [-0.4, -0.2) is 29.9 Å². The quantitative estimate of drug-likeness (QED) is 0.430. The summed E-state index contributed by atoms with van der Waals surface area (Å²) in [6, 6.07) is 2.62. The van der Waals surface area contributed by atoms with Crippen LogP contribution in [0.1, 0.15) is 18.4 Å². The van der Waals surface area contributed by atoms with Crippen molar-refractivity contribution in [3.8, 4) is 0 Å². The fourth-order valence-corrected chi connectivity index (χ4v) is 1.91. The highest BCUT2D eigenvalue weighted by Gasteiger charge is 2.86. The zero-order valence-electron chi connectivity index (χ0n) is 12.7. The molecule has 0 fully saturated rings. The largest absolute Gasteiger partial charge is 0.389 e. The average molecular weight is 424 g/mol. The van der Waals surface area contributed by atoms with Crippen molar-refractivity contribution < 1.29 is 57.1 Å². The minimum Gasteiger partial charge on any atom is -0.200 e. The van der Waals surface area contributed by atoms with Crippen LogP contribution in [0.3, 0.4) is 0 Å². The molecule has 0 radical (unpaired) electrons. The van der Waals surface area contributed by atoms with Crippen LogP contribution in [0.2, 0.25) is 0 Å². The molecule has 1 rings (SSSR count). The predicted molar refractivity (Wildman–Crippen MR) is 65.4 cm³/mol. The van der Waals surface area contributed by atoms with Gasteiger partial charge in [-0.2, -0.15) is 57.1 Å². The van der Waals surface area contributed by atoms with Gasteiger partial charge in [-0.1, -0.05) is 30.3 Å². The molecule has 0 aliphatic heterocycles. The normalized spacial score (nSPS) is 15.1. The van der Waals surface area contributed by atoms with Gasteiger partial charge < -0.3 is 0 Å². The van der Waals surface area contributed by atoms with Gasteiger partial charge in [-0.15, -0.1) is 0 Å². The first-order valence-electron chi connectivity index (χ1n) is 6.82. The van der Waals surface area contributed by atoms with Crippen LogP contribution in [0, 0.1) is 0 Å². The average Bonchev–Trinajstić information content (AvgIpc) is 2.52. The maximum Gasteiger partial charge on any atom is 0.389 e. The fraction of sp³-hybridized carbons (Fsp3) is 0.571. The zero-order chi connectivity index (χ0) is 21.5. The van der Waals surface area contributed by atoms with Crippen LogP contribution >= 0.6 is 0 Å². The topological polar surface area (TPSA) is 0 Å². The molecule has 0 N–H and O–H groups in total. The highest BCUT2D eigenvalue weighted by molar-refractivity contribution is 5.25. The van der Waals surface area contributed by atoms with Gasteiger partial charge in [-0.3, -0.25) is 0 Å². The molecule has 0 aliphatic rings. The first-order valence-corrected chi connectivity index (χ1v) is 6.82. The monoisotopic (exact) mass is 424 g/mol. The van der Waals surface area contributed by atoms with E-state index >= 15 is 0 Å². The van der Waals surface area contributed by atoms with E-state index in [0.29, 0.717) is 12.1 Å². The van der Waals surface area contributed by atoms with Crippen LogP contribution in [-0.2, 0) is 5.92 Å². The number of alkyl halides is 13. The lowest BCUT2D eigenvalue weighted by Crippen LogP contribution is -2.66. The summed E-state index contributed by atoms with van der Waals surface area (Å²) in [4.78, 5) is 0. The molecule has 1 aromatic rings. The highest BCUT2D eigenvalue weighted by Crippen LogP contribution is 2.60. The van der Waals surface area contributed by atoms with Crippen LogP contribution in [0.25, 0.3) is 0 Å². The third-order valence-electron chi connectivity index (χ3n) is 3.50. The molecule has 0 spiro atoms. The third-order valence-corrected chi connectivity index (χ3v) is 3.50. The standard InChI is InChI=1S/C14H9F13/c15-9(16,6-7-10(17,18)19)12(22,23)14(26,27)13(24,25)11(20,21)8-4-2-1-3-5-8/h1-5H,6-7H2. The Kier molecular flexibility index (Phi) is 5.82. The van der Waals surface area contributed by atoms with Gasteiger partial charge in [-0.25, -0.2) is 0 Å². The van der Waals surface area contributed by atoms with E-state index in [2.05, 4.69) is 0 Å². The lowest BCUT2D eigenvalue weighted by molar-refractivity contribution is -0.406. The Morgan fingerprint density at radius 3 is 1.37 bits per heavy atom. The van der Waals surface area contributed by atoms with E-state index in [4.69, 9.17) is 0 Å². The van der Waals surface area contributed by atoms with Gasteiger partial charge in [0.05, 0.1) is 0 Å². The summed E-state index contributed by atoms with van der Waals surface area (Å²) >= 11 is 0. The van der Waals surface area contributed by atoms with Crippen molar-refractivity contribution in [3.63, 3.8) is 0 Å². The molecule has 0 amide bonds. The predicted octanol–water partition coefficient (Wildman–Crippen LogP) is 6.66. The van der Waals surface area contributed by atoms with Crippen molar-refractivity contribution in [3.05, 3.63) is 35.9 Å². The number of hydrogen-bond acceptors (Lipinski definition) is 0. The SMILES string of the molecule is FC(F)(F)CCC(F)(F)C(F)(F)C(F)(F)C(F)(F)C(F)(F)c1ccccc1. The Morgan fingerprint density at radius 1 is 0.519 bits per heavy atom. The molecule has 1 aromatic carbocycles. The highest BCUT2D eigenvalue weighted by atomic mass is 19.4. The Hall–Kier alpha value is -1.69. The number of benzene rings is 1. The summed E-state index contributed by atoms with van der Waals surface area (Å²) in [6.07, 6.45) is -11.2. The molecule has 27 heavy (non-hydrogen) atoms. The molecule has 0 bridgehead atoms. The van der Waals surface area contributed by atoms with Crippen LogP contribution in [0.5, 0.6) is 0 Å². The van der Waals surface area contributed by atoms with Crippen molar-refractivity contribution in [1.29, 1.82) is 0 Å². The van der Waals surface area contributed by atoms with Gasteiger partial charge >= 0.3 is 35.8 Å². The second-order valence-electron chi connectivity index (χ2n) is 5.48. The molecule has 13 heteroatoms. The maximum atomic E-state index is 13.7. The van der Waals surface area contributed by atoms with Gasteiger partial charge in [0.25, 0.3) is 0 Å². The molecule has 0 saturated carbocycles. The summed E-state index contributed by atoms with van der Waals surface area (Å²) in [5, 5.41) is 0. The van der Waals surface area contributed by atoms with Crippen molar-refractivity contribution in [2.45, 2.75) is 48.6 Å². The Bertz CT molecular complexity index is 630. The van der Waals surface area contributed by atoms with E-state index in [1.165, 1.54) is 0 Å². The fourth-order valence-electron chi connectivity index (χ4n) is 1.91. The van der Waals surface area contributed by atoms with E-state index in [-0.39, 0.29) is 12.1 Å². The first kappa shape index (κ1) is 23.3. The molecule has 0 nitrogen and oxygen atoms in total. The molecule has 0 unspecified atom stereocenters. The number of halogens is 13. The van der Waals surface area contributed by atoms with Gasteiger partial charge in [-0.05, 0) is 0 Å². The molecule has 0 aromatic heterocycles. The lowest BCUT2D eigenvalue weighted by Gasteiger charge is -2.39. The van der Waals surface area contributed by atoms with Crippen molar-refractivity contribution in [2.75, 3.05) is 0 Å². The van der Waals surface area contributed by atoms with Crippen molar-refractivity contribution in [1.82, 2.24) is 0 Å². The van der Waals surface area contributed by atoms with E-state index < -0.39 is 54.2 Å².